The molecule has 0 spiro atoms. The lowest BCUT2D eigenvalue weighted by Crippen LogP contribution is -2.24. The van der Waals surface area contributed by atoms with Crippen molar-refractivity contribution >= 4 is 21.6 Å². The van der Waals surface area contributed by atoms with Crippen LogP contribution in [0.25, 0.3) is 0 Å². The highest BCUT2D eigenvalue weighted by Gasteiger charge is 2.14. The van der Waals surface area contributed by atoms with Gasteiger partial charge in [0.2, 0.25) is 10.0 Å². The number of hydrogen-bond acceptors (Lipinski definition) is 3. The highest BCUT2D eigenvalue weighted by Crippen LogP contribution is 2.18. The standard InChI is InChI=1S/C18H22N2O3S/c1-4-11-19-24(22,23)16-9-7-15(8-10-16)18(21)20-17-12-13(2)5-6-14(17)3/h5-10,12,19H,4,11H2,1-3H3,(H,20,21). The Bertz CT molecular complexity index is 828. The molecular formula is C18H22N2O3S. The smallest absolute Gasteiger partial charge is 0.255 e. The molecule has 0 aliphatic heterocycles. The maximum absolute atomic E-state index is 12.3. The van der Waals surface area contributed by atoms with Gasteiger partial charge >= 0.3 is 0 Å². The van der Waals surface area contributed by atoms with Gasteiger partial charge < -0.3 is 5.32 Å². The van der Waals surface area contributed by atoms with Gasteiger partial charge in [0.15, 0.2) is 0 Å². The molecular weight excluding hydrogens is 324 g/mol. The molecule has 0 radical (unpaired) electrons. The highest BCUT2D eigenvalue weighted by atomic mass is 32.2. The second-order valence-corrected chi connectivity index (χ2v) is 7.46. The van der Waals surface area contributed by atoms with E-state index in [1.807, 2.05) is 39.0 Å². The Labute approximate surface area is 143 Å². The molecule has 128 valence electrons. The molecule has 0 fully saturated rings. The van der Waals surface area contributed by atoms with Crippen LogP contribution in [0.2, 0.25) is 0 Å². The van der Waals surface area contributed by atoms with E-state index in [0.29, 0.717) is 12.1 Å². The summed E-state index contributed by atoms with van der Waals surface area (Å²) in [4.78, 5) is 12.5. The van der Waals surface area contributed by atoms with Crippen LogP contribution in [-0.4, -0.2) is 20.9 Å². The van der Waals surface area contributed by atoms with Crippen LogP contribution in [0.3, 0.4) is 0 Å². The first-order valence-electron chi connectivity index (χ1n) is 7.82. The molecule has 1 amide bonds. The molecule has 5 nitrogen and oxygen atoms in total. The summed E-state index contributed by atoms with van der Waals surface area (Å²) in [5, 5.41) is 2.86. The zero-order chi connectivity index (χ0) is 17.7. The fourth-order valence-corrected chi connectivity index (χ4v) is 3.30. The van der Waals surface area contributed by atoms with Crippen molar-refractivity contribution < 1.29 is 13.2 Å². The van der Waals surface area contributed by atoms with Gasteiger partial charge in [0.25, 0.3) is 5.91 Å². The number of benzene rings is 2. The van der Waals surface area contributed by atoms with Gasteiger partial charge in [-0.3, -0.25) is 4.79 Å². The maximum atomic E-state index is 12.3. The Morgan fingerprint density at radius 2 is 1.71 bits per heavy atom. The number of carbonyl (C=O) groups excluding carboxylic acids is 1. The lowest BCUT2D eigenvalue weighted by atomic mass is 10.1. The van der Waals surface area contributed by atoms with Crippen LogP contribution in [0.5, 0.6) is 0 Å². The average molecular weight is 346 g/mol. The fourth-order valence-electron chi connectivity index (χ4n) is 2.17. The first-order valence-corrected chi connectivity index (χ1v) is 9.30. The first kappa shape index (κ1) is 18.2. The number of rotatable bonds is 6. The maximum Gasteiger partial charge on any atom is 0.255 e. The molecule has 2 N–H and O–H groups in total. The van der Waals surface area contributed by atoms with Crippen LogP contribution in [0.1, 0.15) is 34.8 Å². The Balaban J connectivity index is 2.15. The number of hydrogen-bond donors (Lipinski definition) is 2. The predicted octanol–water partition coefficient (Wildman–Crippen LogP) is 3.24. The van der Waals surface area contributed by atoms with Gasteiger partial charge in [0, 0.05) is 17.8 Å². The largest absolute Gasteiger partial charge is 0.322 e. The van der Waals surface area contributed by atoms with Crippen molar-refractivity contribution in [3.63, 3.8) is 0 Å². The molecule has 0 saturated carbocycles. The summed E-state index contributed by atoms with van der Waals surface area (Å²) >= 11 is 0. The van der Waals surface area contributed by atoms with E-state index in [-0.39, 0.29) is 10.8 Å². The van der Waals surface area contributed by atoms with E-state index in [0.717, 1.165) is 23.2 Å². The minimum Gasteiger partial charge on any atom is -0.322 e. The molecule has 0 bridgehead atoms. The van der Waals surface area contributed by atoms with Gasteiger partial charge in [-0.15, -0.1) is 0 Å². The van der Waals surface area contributed by atoms with E-state index in [2.05, 4.69) is 10.0 Å². The molecule has 2 aromatic rings. The zero-order valence-electron chi connectivity index (χ0n) is 14.1. The zero-order valence-corrected chi connectivity index (χ0v) is 14.9. The normalized spacial score (nSPS) is 11.3. The summed E-state index contributed by atoms with van der Waals surface area (Å²) in [6.45, 7) is 6.16. The van der Waals surface area contributed by atoms with Crippen LogP contribution in [0.4, 0.5) is 5.69 Å². The molecule has 2 rings (SSSR count). The van der Waals surface area contributed by atoms with Gasteiger partial charge in [-0.2, -0.15) is 0 Å². The third kappa shape index (κ3) is 4.43. The van der Waals surface area contributed by atoms with E-state index < -0.39 is 10.0 Å². The second kappa shape index (κ2) is 7.59. The van der Waals surface area contributed by atoms with Gasteiger partial charge in [0.05, 0.1) is 4.90 Å². The highest BCUT2D eigenvalue weighted by molar-refractivity contribution is 7.89. The predicted molar refractivity (Wildman–Crippen MR) is 95.8 cm³/mol. The lowest BCUT2D eigenvalue weighted by Gasteiger charge is -2.10. The van der Waals surface area contributed by atoms with Crippen LogP contribution in [-0.2, 0) is 10.0 Å². The van der Waals surface area contributed by atoms with Crippen molar-refractivity contribution in [2.24, 2.45) is 0 Å². The van der Waals surface area contributed by atoms with Gasteiger partial charge in [0.1, 0.15) is 0 Å². The van der Waals surface area contributed by atoms with Gasteiger partial charge in [-0.25, -0.2) is 13.1 Å². The van der Waals surface area contributed by atoms with Crippen molar-refractivity contribution in [1.82, 2.24) is 4.72 Å². The van der Waals surface area contributed by atoms with Crippen molar-refractivity contribution in [1.29, 1.82) is 0 Å². The van der Waals surface area contributed by atoms with E-state index in [4.69, 9.17) is 0 Å². The van der Waals surface area contributed by atoms with Crippen LogP contribution in [0.15, 0.2) is 47.4 Å². The van der Waals surface area contributed by atoms with E-state index in [9.17, 15) is 13.2 Å². The molecule has 2 aromatic carbocycles. The minimum absolute atomic E-state index is 0.152. The molecule has 0 aliphatic carbocycles. The molecule has 0 unspecified atom stereocenters. The summed E-state index contributed by atoms with van der Waals surface area (Å²) in [7, 11) is -3.52. The minimum atomic E-state index is -3.52. The fraction of sp³-hybridized carbons (Fsp3) is 0.278. The molecule has 0 aromatic heterocycles. The molecule has 0 heterocycles. The van der Waals surface area contributed by atoms with Crippen LogP contribution >= 0.6 is 0 Å². The monoisotopic (exact) mass is 346 g/mol. The van der Waals surface area contributed by atoms with E-state index >= 15 is 0 Å². The summed E-state index contributed by atoms with van der Waals surface area (Å²) in [6.07, 6.45) is 0.718. The molecule has 0 saturated heterocycles. The van der Waals surface area contributed by atoms with Crippen molar-refractivity contribution in [2.75, 3.05) is 11.9 Å². The van der Waals surface area contributed by atoms with Crippen LogP contribution < -0.4 is 10.0 Å². The lowest BCUT2D eigenvalue weighted by molar-refractivity contribution is 0.102. The Morgan fingerprint density at radius 3 is 2.33 bits per heavy atom. The number of carbonyl (C=O) groups is 1. The third-order valence-corrected chi connectivity index (χ3v) is 5.09. The SMILES string of the molecule is CCCNS(=O)(=O)c1ccc(C(=O)Nc2cc(C)ccc2C)cc1. The number of sulfonamides is 1. The van der Waals surface area contributed by atoms with Gasteiger partial charge in [-0.1, -0.05) is 19.1 Å². The summed E-state index contributed by atoms with van der Waals surface area (Å²) < 4.78 is 26.6. The van der Waals surface area contributed by atoms with Crippen molar-refractivity contribution in [2.45, 2.75) is 32.1 Å². The molecule has 0 atom stereocenters. The Morgan fingerprint density at radius 1 is 1.04 bits per heavy atom. The Kier molecular flexibility index (Phi) is 5.75. The quantitative estimate of drug-likeness (QED) is 0.843. The number of nitrogens with one attached hydrogen (secondary N) is 2. The third-order valence-electron chi connectivity index (χ3n) is 3.61. The second-order valence-electron chi connectivity index (χ2n) is 5.69. The topological polar surface area (TPSA) is 75.3 Å². The van der Waals surface area contributed by atoms with Gasteiger partial charge in [-0.05, 0) is 61.7 Å². The van der Waals surface area contributed by atoms with Crippen molar-refractivity contribution in [3.05, 3.63) is 59.2 Å². The molecule has 24 heavy (non-hydrogen) atoms. The summed E-state index contributed by atoms with van der Waals surface area (Å²) in [5.41, 5.74) is 3.18. The first-order chi connectivity index (χ1) is 11.3. The Hall–Kier alpha value is -2.18. The number of amides is 1. The number of aryl methyl sites for hydroxylation is 2. The van der Waals surface area contributed by atoms with E-state index in [1.165, 1.54) is 24.3 Å². The molecule has 0 aliphatic rings. The number of anilines is 1. The van der Waals surface area contributed by atoms with E-state index in [1.54, 1.807) is 0 Å². The van der Waals surface area contributed by atoms with Crippen molar-refractivity contribution in [3.8, 4) is 0 Å². The summed E-state index contributed by atoms with van der Waals surface area (Å²) in [6, 6.07) is 11.7. The van der Waals surface area contributed by atoms with Crippen LogP contribution in [0, 0.1) is 13.8 Å². The molecule has 6 heteroatoms. The summed E-state index contributed by atoms with van der Waals surface area (Å²) in [5.74, 6) is -0.269. The average Bonchev–Trinajstić information content (AvgIpc) is 2.56.